The number of aromatic hydroxyl groups is 1. The van der Waals surface area contributed by atoms with Crippen molar-refractivity contribution in [3.63, 3.8) is 0 Å². The van der Waals surface area contributed by atoms with Crippen LogP contribution in [0.4, 0.5) is 5.69 Å². The number of nitrogens with zero attached hydrogens (tertiary/aromatic N) is 1. The van der Waals surface area contributed by atoms with E-state index >= 15 is 0 Å². The molecule has 25 heavy (non-hydrogen) atoms. The van der Waals surface area contributed by atoms with Crippen LogP contribution in [0.2, 0.25) is 0 Å². The molecule has 0 aliphatic rings. The number of phenolic OH excluding ortho intramolecular Hbond substituents is 1. The summed E-state index contributed by atoms with van der Waals surface area (Å²) in [6, 6.07) is 16.3. The van der Waals surface area contributed by atoms with Gasteiger partial charge in [-0.05, 0) is 41.5 Å². The number of pyridine rings is 1. The first-order chi connectivity index (χ1) is 12.2. The van der Waals surface area contributed by atoms with E-state index in [2.05, 4.69) is 10.3 Å². The SMILES string of the molecule is COC(=O)c1cccc(CNc2cncc(-c3cccc(O)c3)c2)c1. The minimum absolute atomic E-state index is 0.218. The summed E-state index contributed by atoms with van der Waals surface area (Å²) in [7, 11) is 1.37. The van der Waals surface area contributed by atoms with Crippen LogP contribution in [0.25, 0.3) is 11.1 Å². The topological polar surface area (TPSA) is 71.5 Å². The molecule has 0 spiro atoms. The zero-order valence-corrected chi connectivity index (χ0v) is 13.8. The number of methoxy groups -OCH3 is 1. The van der Waals surface area contributed by atoms with Gasteiger partial charge in [0, 0.05) is 24.5 Å². The summed E-state index contributed by atoms with van der Waals surface area (Å²) in [6.07, 6.45) is 3.48. The van der Waals surface area contributed by atoms with Crippen LogP contribution >= 0.6 is 0 Å². The molecular formula is C20H18N2O3. The molecule has 0 atom stereocenters. The molecule has 0 unspecified atom stereocenters. The second-order valence-corrected chi connectivity index (χ2v) is 5.56. The zero-order chi connectivity index (χ0) is 17.6. The number of carbonyl (C=O) groups excluding carboxylic acids is 1. The van der Waals surface area contributed by atoms with Gasteiger partial charge in [0.05, 0.1) is 18.4 Å². The van der Waals surface area contributed by atoms with Crippen molar-refractivity contribution in [2.24, 2.45) is 0 Å². The van der Waals surface area contributed by atoms with Gasteiger partial charge in [0.2, 0.25) is 0 Å². The van der Waals surface area contributed by atoms with E-state index in [-0.39, 0.29) is 11.7 Å². The fourth-order valence-electron chi connectivity index (χ4n) is 2.51. The number of phenols is 1. The lowest BCUT2D eigenvalue weighted by molar-refractivity contribution is 0.0600. The highest BCUT2D eigenvalue weighted by molar-refractivity contribution is 5.89. The molecule has 0 fully saturated rings. The Labute approximate surface area is 145 Å². The summed E-state index contributed by atoms with van der Waals surface area (Å²) in [4.78, 5) is 15.8. The van der Waals surface area contributed by atoms with E-state index in [1.807, 2.05) is 24.3 Å². The lowest BCUT2D eigenvalue weighted by atomic mass is 10.1. The van der Waals surface area contributed by atoms with E-state index in [9.17, 15) is 9.90 Å². The molecule has 126 valence electrons. The third-order valence-corrected chi connectivity index (χ3v) is 3.76. The molecule has 2 aromatic carbocycles. The highest BCUT2D eigenvalue weighted by Crippen LogP contribution is 2.24. The Morgan fingerprint density at radius 1 is 1.08 bits per heavy atom. The summed E-state index contributed by atoms with van der Waals surface area (Å²) >= 11 is 0. The fraction of sp³-hybridized carbons (Fsp3) is 0.100. The van der Waals surface area contributed by atoms with Gasteiger partial charge in [-0.2, -0.15) is 0 Å². The molecule has 0 amide bonds. The van der Waals surface area contributed by atoms with Crippen molar-refractivity contribution in [3.05, 3.63) is 78.1 Å². The number of hydrogen-bond donors (Lipinski definition) is 2. The molecule has 1 aromatic heterocycles. The minimum atomic E-state index is -0.352. The molecule has 3 rings (SSSR count). The number of aromatic nitrogens is 1. The largest absolute Gasteiger partial charge is 0.508 e. The number of hydrogen-bond acceptors (Lipinski definition) is 5. The van der Waals surface area contributed by atoms with Crippen molar-refractivity contribution in [3.8, 4) is 16.9 Å². The molecule has 0 bridgehead atoms. The Hall–Kier alpha value is -3.34. The molecule has 5 heteroatoms. The van der Waals surface area contributed by atoms with Gasteiger partial charge < -0.3 is 15.2 Å². The van der Waals surface area contributed by atoms with Crippen LogP contribution in [0.5, 0.6) is 5.75 Å². The highest BCUT2D eigenvalue weighted by Gasteiger charge is 2.06. The van der Waals surface area contributed by atoms with Crippen molar-refractivity contribution in [1.82, 2.24) is 4.98 Å². The Balaban J connectivity index is 1.74. The first-order valence-electron chi connectivity index (χ1n) is 7.81. The van der Waals surface area contributed by atoms with Gasteiger partial charge in [0.15, 0.2) is 0 Å². The number of ether oxygens (including phenoxy) is 1. The molecule has 0 radical (unpaired) electrons. The predicted octanol–water partition coefficient (Wildman–Crippen LogP) is 3.85. The van der Waals surface area contributed by atoms with E-state index < -0.39 is 0 Å². The molecule has 0 saturated carbocycles. The highest BCUT2D eigenvalue weighted by atomic mass is 16.5. The molecule has 2 N–H and O–H groups in total. The molecule has 0 saturated heterocycles. The van der Waals surface area contributed by atoms with Gasteiger partial charge in [-0.15, -0.1) is 0 Å². The average molecular weight is 334 g/mol. The number of esters is 1. The molecule has 1 heterocycles. The Morgan fingerprint density at radius 3 is 2.72 bits per heavy atom. The zero-order valence-electron chi connectivity index (χ0n) is 13.8. The maximum absolute atomic E-state index is 11.6. The molecule has 3 aromatic rings. The molecule has 0 aliphatic heterocycles. The third kappa shape index (κ3) is 4.14. The van der Waals surface area contributed by atoms with Crippen molar-refractivity contribution < 1.29 is 14.6 Å². The van der Waals surface area contributed by atoms with Crippen molar-refractivity contribution in [2.45, 2.75) is 6.54 Å². The van der Waals surface area contributed by atoms with Crippen LogP contribution < -0.4 is 5.32 Å². The first kappa shape index (κ1) is 16.5. The predicted molar refractivity (Wildman–Crippen MR) is 96.4 cm³/mol. The van der Waals surface area contributed by atoms with Gasteiger partial charge in [0.1, 0.15) is 5.75 Å². The maximum Gasteiger partial charge on any atom is 0.337 e. The smallest absolute Gasteiger partial charge is 0.337 e. The van der Waals surface area contributed by atoms with Crippen molar-refractivity contribution in [1.29, 1.82) is 0 Å². The number of carbonyl (C=O) groups is 1. The second-order valence-electron chi connectivity index (χ2n) is 5.56. The summed E-state index contributed by atoms with van der Waals surface area (Å²) < 4.78 is 4.74. The fourth-order valence-corrected chi connectivity index (χ4v) is 2.51. The summed E-state index contributed by atoms with van der Waals surface area (Å²) in [5.74, 6) is -0.134. The minimum Gasteiger partial charge on any atom is -0.508 e. The van der Waals surface area contributed by atoms with Gasteiger partial charge in [0.25, 0.3) is 0 Å². The van der Waals surface area contributed by atoms with Crippen LogP contribution in [0.15, 0.2) is 67.0 Å². The standard InChI is InChI=1S/C20H18N2O3/c1-25-20(24)16-6-2-4-14(8-16)11-22-18-9-17(12-21-13-18)15-5-3-7-19(23)10-15/h2-10,12-13,22-23H,11H2,1H3. The second kappa shape index (κ2) is 7.49. The van der Waals surface area contributed by atoms with Crippen LogP contribution in [-0.4, -0.2) is 23.2 Å². The average Bonchev–Trinajstić information content (AvgIpc) is 2.66. The van der Waals surface area contributed by atoms with Crippen molar-refractivity contribution in [2.75, 3.05) is 12.4 Å². The van der Waals surface area contributed by atoms with Crippen molar-refractivity contribution >= 4 is 11.7 Å². The Bertz CT molecular complexity index is 893. The van der Waals surface area contributed by atoms with Crippen LogP contribution in [0.3, 0.4) is 0 Å². The number of rotatable bonds is 5. The van der Waals surface area contributed by atoms with E-state index in [1.165, 1.54) is 7.11 Å². The normalized spacial score (nSPS) is 10.3. The van der Waals surface area contributed by atoms with Crippen LogP contribution in [0, 0.1) is 0 Å². The van der Waals surface area contributed by atoms with Gasteiger partial charge in [-0.25, -0.2) is 4.79 Å². The lowest BCUT2D eigenvalue weighted by Gasteiger charge is -2.09. The van der Waals surface area contributed by atoms with Gasteiger partial charge in [-0.1, -0.05) is 24.3 Å². The summed E-state index contributed by atoms with van der Waals surface area (Å²) in [6.45, 7) is 0.552. The monoisotopic (exact) mass is 334 g/mol. The Kier molecular flexibility index (Phi) is 4.95. The molecular weight excluding hydrogens is 316 g/mol. The number of nitrogens with one attached hydrogen (secondary N) is 1. The number of anilines is 1. The number of benzene rings is 2. The quantitative estimate of drug-likeness (QED) is 0.693. The van der Waals surface area contributed by atoms with Crippen LogP contribution in [-0.2, 0) is 11.3 Å². The van der Waals surface area contributed by atoms with Gasteiger partial charge in [-0.3, -0.25) is 4.98 Å². The van der Waals surface area contributed by atoms with E-state index in [4.69, 9.17) is 4.74 Å². The van der Waals surface area contributed by atoms with E-state index in [0.29, 0.717) is 12.1 Å². The van der Waals surface area contributed by atoms with E-state index in [1.54, 1.807) is 42.7 Å². The van der Waals surface area contributed by atoms with Crippen LogP contribution in [0.1, 0.15) is 15.9 Å². The van der Waals surface area contributed by atoms with E-state index in [0.717, 1.165) is 22.4 Å². The van der Waals surface area contributed by atoms with Gasteiger partial charge >= 0.3 is 5.97 Å². The lowest BCUT2D eigenvalue weighted by Crippen LogP contribution is -2.04. The maximum atomic E-state index is 11.6. The Morgan fingerprint density at radius 2 is 1.92 bits per heavy atom. The first-order valence-corrected chi connectivity index (χ1v) is 7.81. The summed E-state index contributed by atoms with van der Waals surface area (Å²) in [5, 5.41) is 12.9. The third-order valence-electron chi connectivity index (χ3n) is 3.76. The molecule has 0 aliphatic carbocycles. The summed E-state index contributed by atoms with van der Waals surface area (Å²) in [5.41, 5.74) is 4.14. The molecule has 5 nitrogen and oxygen atoms in total.